The molecule has 2 nitrogen and oxygen atoms in total. The van der Waals surface area contributed by atoms with E-state index in [1.165, 1.54) is 5.69 Å². The molecule has 0 aliphatic carbocycles. The Morgan fingerprint density at radius 3 is 2.90 bits per heavy atom. The lowest BCUT2D eigenvalue weighted by Crippen LogP contribution is -1.81. The topological polar surface area (TPSA) is 28.1 Å². The first-order chi connectivity index (χ1) is 4.83. The first kappa shape index (κ1) is 7.06. The van der Waals surface area contributed by atoms with Crippen molar-refractivity contribution in [1.29, 1.82) is 0 Å². The van der Waals surface area contributed by atoms with Gasteiger partial charge in [-0.25, -0.2) is 0 Å². The van der Waals surface area contributed by atoms with Crippen LogP contribution in [0.3, 0.4) is 0 Å². The molecular formula is C8H12N2. The van der Waals surface area contributed by atoms with Crippen molar-refractivity contribution in [1.82, 2.24) is 4.98 Å². The van der Waals surface area contributed by atoms with Crippen LogP contribution in [0.25, 0.3) is 0 Å². The summed E-state index contributed by atoms with van der Waals surface area (Å²) < 4.78 is 0. The van der Waals surface area contributed by atoms with E-state index < -0.39 is 0 Å². The molecule has 0 bridgehead atoms. The molecule has 0 spiro atoms. The Balaban J connectivity index is 2.67. The van der Waals surface area contributed by atoms with Crippen LogP contribution < -0.4 is 0 Å². The predicted octanol–water partition coefficient (Wildman–Crippen LogP) is 1.76. The molecule has 0 fully saturated rings. The Labute approximate surface area is 61.0 Å². The van der Waals surface area contributed by atoms with Gasteiger partial charge in [0.2, 0.25) is 0 Å². The minimum absolute atomic E-state index is 0.845. The fourth-order valence-corrected chi connectivity index (χ4v) is 0.791. The summed E-state index contributed by atoms with van der Waals surface area (Å²) in [7, 11) is 0. The monoisotopic (exact) mass is 136 g/mol. The van der Waals surface area contributed by atoms with E-state index in [4.69, 9.17) is 0 Å². The van der Waals surface area contributed by atoms with Crippen molar-refractivity contribution in [3.8, 4) is 0 Å². The standard InChI is InChI=1S/C8H12N2/c1-3-9-6-8-5-4-7(2)10-8/h4-6,10H,3H2,1-2H3. The third-order valence-electron chi connectivity index (χ3n) is 1.27. The number of aromatic amines is 1. The van der Waals surface area contributed by atoms with E-state index in [2.05, 4.69) is 9.98 Å². The summed E-state index contributed by atoms with van der Waals surface area (Å²) in [5, 5.41) is 0. The molecule has 0 amide bonds. The molecule has 1 aromatic rings. The van der Waals surface area contributed by atoms with Crippen LogP contribution in [0.5, 0.6) is 0 Å². The number of aromatic nitrogens is 1. The summed E-state index contributed by atoms with van der Waals surface area (Å²) in [6.45, 7) is 4.90. The first-order valence-electron chi connectivity index (χ1n) is 3.48. The van der Waals surface area contributed by atoms with Gasteiger partial charge >= 0.3 is 0 Å². The summed E-state index contributed by atoms with van der Waals surface area (Å²) in [5.41, 5.74) is 2.26. The first-order valence-corrected chi connectivity index (χ1v) is 3.48. The molecule has 0 aliphatic rings. The number of nitrogens with one attached hydrogen (secondary N) is 1. The van der Waals surface area contributed by atoms with Crippen LogP contribution in [0.4, 0.5) is 0 Å². The van der Waals surface area contributed by atoms with Gasteiger partial charge in [0.05, 0.1) is 5.69 Å². The Hall–Kier alpha value is -1.05. The zero-order valence-corrected chi connectivity index (χ0v) is 6.39. The molecule has 1 N–H and O–H groups in total. The predicted molar refractivity (Wildman–Crippen MR) is 43.7 cm³/mol. The van der Waals surface area contributed by atoms with Crippen LogP contribution >= 0.6 is 0 Å². The summed E-state index contributed by atoms with van der Waals surface area (Å²) >= 11 is 0. The molecule has 2 heteroatoms. The van der Waals surface area contributed by atoms with E-state index in [-0.39, 0.29) is 0 Å². The fraction of sp³-hybridized carbons (Fsp3) is 0.375. The van der Waals surface area contributed by atoms with E-state index in [0.717, 1.165) is 12.2 Å². The molecule has 0 aliphatic heterocycles. The van der Waals surface area contributed by atoms with E-state index in [1.807, 2.05) is 32.2 Å². The maximum Gasteiger partial charge on any atom is 0.0563 e. The van der Waals surface area contributed by atoms with Crippen LogP contribution in [0, 0.1) is 6.92 Å². The Morgan fingerprint density at radius 1 is 1.60 bits per heavy atom. The van der Waals surface area contributed by atoms with Crippen LogP contribution in [-0.4, -0.2) is 17.7 Å². The molecule has 0 radical (unpaired) electrons. The number of aliphatic imine (C=N–C) groups is 1. The highest BCUT2D eigenvalue weighted by Crippen LogP contribution is 1.96. The maximum atomic E-state index is 4.10. The number of H-pyrrole nitrogens is 1. The highest BCUT2D eigenvalue weighted by atomic mass is 14.8. The van der Waals surface area contributed by atoms with E-state index in [0.29, 0.717) is 0 Å². The van der Waals surface area contributed by atoms with Crippen molar-refractivity contribution in [2.75, 3.05) is 6.54 Å². The van der Waals surface area contributed by atoms with Crippen molar-refractivity contribution in [3.63, 3.8) is 0 Å². The highest BCUT2D eigenvalue weighted by molar-refractivity contribution is 5.77. The fourth-order valence-electron chi connectivity index (χ4n) is 0.791. The summed E-state index contributed by atoms with van der Waals surface area (Å²) in [6, 6.07) is 4.06. The summed E-state index contributed by atoms with van der Waals surface area (Å²) in [4.78, 5) is 7.26. The Bertz CT molecular complexity index is 223. The van der Waals surface area contributed by atoms with Gasteiger partial charge in [-0.3, -0.25) is 4.99 Å². The lowest BCUT2D eigenvalue weighted by atomic mass is 10.4. The molecule has 0 saturated carbocycles. The zero-order chi connectivity index (χ0) is 7.40. The summed E-state index contributed by atoms with van der Waals surface area (Å²) in [6.07, 6.45) is 1.85. The number of aryl methyl sites for hydroxylation is 1. The molecular weight excluding hydrogens is 124 g/mol. The second kappa shape index (κ2) is 3.20. The van der Waals surface area contributed by atoms with Crippen LogP contribution in [0.1, 0.15) is 18.3 Å². The quantitative estimate of drug-likeness (QED) is 0.600. The lowest BCUT2D eigenvalue weighted by Gasteiger charge is -1.83. The van der Waals surface area contributed by atoms with Crippen molar-refractivity contribution < 1.29 is 0 Å². The number of hydrogen-bond acceptors (Lipinski definition) is 1. The molecule has 1 rings (SSSR count). The third-order valence-corrected chi connectivity index (χ3v) is 1.27. The van der Waals surface area contributed by atoms with Crippen LogP contribution in [0.15, 0.2) is 17.1 Å². The van der Waals surface area contributed by atoms with Gasteiger partial charge < -0.3 is 4.98 Å². The molecule has 0 unspecified atom stereocenters. The molecule has 54 valence electrons. The number of rotatable bonds is 2. The largest absolute Gasteiger partial charge is 0.358 e. The highest BCUT2D eigenvalue weighted by Gasteiger charge is 1.87. The van der Waals surface area contributed by atoms with Gasteiger partial charge in [-0.1, -0.05) is 0 Å². The van der Waals surface area contributed by atoms with E-state index >= 15 is 0 Å². The molecule has 0 atom stereocenters. The van der Waals surface area contributed by atoms with Crippen molar-refractivity contribution in [3.05, 3.63) is 23.5 Å². The number of hydrogen-bond donors (Lipinski definition) is 1. The second-order valence-corrected chi connectivity index (χ2v) is 2.22. The SMILES string of the molecule is CCN=Cc1ccc(C)[nH]1. The average molecular weight is 136 g/mol. The van der Waals surface area contributed by atoms with Gasteiger partial charge in [-0.15, -0.1) is 0 Å². The van der Waals surface area contributed by atoms with Crippen LogP contribution in [-0.2, 0) is 0 Å². The van der Waals surface area contributed by atoms with Gasteiger partial charge in [0.15, 0.2) is 0 Å². The zero-order valence-electron chi connectivity index (χ0n) is 6.39. The van der Waals surface area contributed by atoms with E-state index in [9.17, 15) is 0 Å². The Kier molecular flexibility index (Phi) is 2.26. The van der Waals surface area contributed by atoms with Gasteiger partial charge in [-0.2, -0.15) is 0 Å². The molecule has 1 aromatic heterocycles. The normalized spacial score (nSPS) is 11.0. The molecule has 0 aromatic carbocycles. The Morgan fingerprint density at radius 2 is 2.40 bits per heavy atom. The smallest absolute Gasteiger partial charge is 0.0563 e. The van der Waals surface area contributed by atoms with E-state index in [1.54, 1.807) is 0 Å². The minimum Gasteiger partial charge on any atom is -0.358 e. The second-order valence-electron chi connectivity index (χ2n) is 2.22. The third kappa shape index (κ3) is 1.72. The van der Waals surface area contributed by atoms with Gasteiger partial charge in [-0.05, 0) is 26.0 Å². The van der Waals surface area contributed by atoms with Crippen molar-refractivity contribution in [2.45, 2.75) is 13.8 Å². The maximum absolute atomic E-state index is 4.10. The van der Waals surface area contributed by atoms with Crippen molar-refractivity contribution in [2.24, 2.45) is 4.99 Å². The van der Waals surface area contributed by atoms with Gasteiger partial charge in [0, 0.05) is 18.5 Å². The average Bonchev–Trinajstić information content (AvgIpc) is 2.31. The lowest BCUT2D eigenvalue weighted by molar-refractivity contribution is 1.13. The number of nitrogens with zero attached hydrogens (tertiary/aromatic N) is 1. The van der Waals surface area contributed by atoms with Crippen LogP contribution in [0.2, 0.25) is 0 Å². The van der Waals surface area contributed by atoms with Gasteiger partial charge in [0.25, 0.3) is 0 Å². The summed E-state index contributed by atoms with van der Waals surface area (Å²) in [5.74, 6) is 0. The molecule has 0 saturated heterocycles. The minimum atomic E-state index is 0.845. The van der Waals surface area contributed by atoms with Crippen molar-refractivity contribution >= 4 is 6.21 Å². The van der Waals surface area contributed by atoms with Gasteiger partial charge in [0.1, 0.15) is 0 Å². The molecule has 1 heterocycles. The molecule has 10 heavy (non-hydrogen) atoms.